The maximum absolute atomic E-state index is 13.0. The van der Waals surface area contributed by atoms with Crippen LogP contribution in [0.5, 0.6) is 0 Å². The summed E-state index contributed by atoms with van der Waals surface area (Å²) < 4.78 is 41.1. The highest BCUT2D eigenvalue weighted by Crippen LogP contribution is 2.26. The number of ether oxygens (including phenoxy) is 3. The smallest absolute Gasteiger partial charge is 0.337 e. The van der Waals surface area contributed by atoms with Crippen LogP contribution in [0.4, 0.5) is 0 Å². The van der Waals surface area contributed by atoms with Crippen LogP contribution in [0.1, 0.15) is 33.6 Å². The van der Waals surface area contributed by atoms with E-state index in [1.165, 1.54) is 17.5 Å². The van der Waals surface area contributed by atoms with Gasteiger partial charge < -0.3 is 14.2 Å². The lowest BCUT2D eigenvalue weighted by atomic mass is 9.99. The molecule has 0 spiro atoms. The largest absolute Gasteiger partial charge is 0.469 e. The molecule has 1 aliphatic rings. The first-order valence-corrected chi connectivity index (χ1v) is 9.58. The van der Waals surface area contributed by atoms with Gasteiger partial charge in [-0.2, -0.15) is 4.31 Å². The second-order valence-electron chi connectivity index (χ2n) is 5.93. The zero-order valence-corrected chi connectivity index (χ0v) is 16.1. The van der Waals surface area contributed by atoms with Crippen molar-refractivity contribution in [2.24, 2.45) is 5.92 Å². The zero-order valence-electron chi connectivity index (χ0n) is 15.3. The van der Waals surface area contributed by atoms with Gasteiger partial charge in [0.25, 0.3) is 0 Å². The molecule has 0 aromatic heterocycles. The third kappa shape index (κ3) is 4.45. The maximum atomic E-state index is 13.0. The van der Waals surface area contributed by atoms with Gasteiger partial charge in [-0.25, -0.2) is 18.0 Å². The molecule has 1 aromatic carbocycles. The number of methoxy groups -OCH3 is 3. The fourth-order valence-electron chi connectivity index (χ4n) is 2.87. The van der Waals surface area contributed by atoms with Gasteiger partial charge in [-0.05, 0) is 31.0 Å². The van der Waals surface area contributed by atoms with E-state index in [1.54, 1.807) is 0 Å². The van der Waals surface area contributed by atoms with Gasteiger partial charge in [0.1, 0.15) is 0 Å². The van der Waals surface area contributed by atoms with E-state index in [2.05, 4.69) is 9.47 Å². The van der Waals surface area contributed by atoms with Crippen LogP contribution in [0.2, 0.25) is 0 Å². The first-order valence-electron chi connectivity index (χ1n) is 8.14. The lowest BCUT2D eigenvalue weighted by Crippen LogP contribution is -2.40. The predicted octanol–water partition coefficient (Wildman–Crippen LogP) is 0.833. The molecule has 2 rings (SSSR count). The molecular formula is C17H21NO8S. The van der Waals surface area contributed by atoms with E-state index in [4.69, 9.17) is 4.74 Å². The average molecular weight is 399 g/mol. The van der Waals surface area contributed by atoms with Gasteiger partial charge in [-0.3, -0.25) is 4.79 Å². The van der Waals surface area contributed by atoms with Crippen molar-refractivity contribution in [1.82, 2.24) is 4.31 Å². The molecule has 1 heterocycles. The molecule has 0 unspecified atom stereocenters. The Labute approximate surface area is 157 Å². The van der Waals surface area contributed by atoms with Gasteiger partial charge in [0.05, 0.1) is 43.3 Å². The van der Waals surface area contributed by atoms with Crippen molar-refractivity contribution in [2.45, 2.75) is 17.7 Å². The van der Waals surface area contributed by atoms with E-state index in [0.29, 0.717) is 12.8 Å². The normalized spacial score (nSPS) is 15.8. The van der Waals surface area contributed by atoms with Crippen molar-refractivity contribution in [3.63, 3.8) is 0 Å². The van der Waals surface area contributed by atoms with Crippen LogP contribution in [0.3, 0.4) is 0 Å². The molecule has 10 heteroatoms. The van der Waals surface area contributed by atoms with Crippen molar-refractivity contribution in [2.75, 3.05) is 34.4 Å². The SMILES string of the molecule is COC(=O)c1cc(C(=O)OC)cc(S(=O)(=O)N2CCC(C(=O)OC)CC2)c1. The summed E-state index contributed by atoms with van der Waals surface area (Å²) in [4.78, 5) is 35.1. The topological polar surface area (TPSA) is 116 Å². The molecule has 0 amide bonds. The Morgan fingerprint density at radius 1 is 0.889 bits per heavy atom. The summed E-state index contributed by atoms with van der Waals surface area (Å²) in [5.41, 5.74) is -0.160. The molecular weight excluding hydrogens is 378 g/mol. The number of hydrogen-bond donors (Lipinski definition) is 0. The van der Waals surface area contributed by atoms with Gasteiger partial charge in [0.15, 0.2) is 0 Å². The summed E-state index contributed by atoms with van der Waals surface area (Å²) in [6, 6.07) is 3.51. The maximum Gasteiger partial charge on any atom is 0.337 e. The third-order valence-electron chi connectivity index (χ3n) is 4.37. The molecule has 1 aromatic rings. The lowest BCUT2D eigenvalue weighted by Gasteiger charge is -2.30. The Hall–Kier alpha value is -2.46. The highest BCUT2D eigenvalue weighted by atomic mass is 32.2. The van der Waals surface area contributed by atoms with Gasteiger partial charge in [0, 0.05) is 13.1 Å². The molecule has 1 saturated heterocycles. The van der Waals surface area contributed by atoms with Crippen LogP contribution in [0.25, 0.3) is 0 Å². The number of carbonyl (C=O) groups is 3. The monoisotopic (exact) mass is 399 g/mol. The molecule has 1 fully saturated rings. The second-order valence-corrected chi connectivity index (χ2v) is 7.87. The van der Waals surface area contributed by atoms with Crippen molar-refractivity contribution in [3.05, 3.63) is 29.3 Å². The number of carbonyl (C=O) groups excluding carboxylic acids is 3. The molecule has 0 aliphatic carbocycles. The quantitative estimate of drug-likeness (QED) is 0.528. The van der Waals surface area contributed by atoms with Gasteiger partial charge in [-0.15, -0.1) is 0 Å². The molecule has 0 saturated carbocycles. The Bertz CT molecular complexity index is 806. The van der Waals surface area contributed by atoms with Crippen molar-refractivity contribution in [1.29, 1.82) is 0 Å². The number of esters is 3. The van der Waals surface area contributed by atoms with Crippen molar-refractivity contribution >= 4 is 27.9 Å². The van der Waals surface area contributed by atoms with Crippen LogP contribution in [0.15, 0.2) is 23.1 Å². The molecule has 1 aliphatic heterocycles. The Kier molecular flexibility index (Phi) is 6.55. The standard InChI is InChI=1S/C17H21NO8S/c1-24-15(19)11-4-6-18(7-5-11)27(22,23)14-9-12(16(20)25-2)8-13(10-14)17(21)26-3/h8-11H,4-7H2,1-3H3. The highest BCUT2D eigenvalue weighted by molar-refractivity contribution is 7.89. The minimum Gasteiger partial charge on any atom is -0.469 e. The van der Waals surface area contributed by atoms with Crippen molar-refractivity contribution in [3.8, 4) is 0 Å². The fourth-order valence-corrected chi connectivity index (χ4v) is 4.41. The number of hydrogen-bond acceptors (Lipinski definition) is 8. The van der Waals surface area contributed by atoms with Crippen LogP contribution < -0.4 is 0 Å². The van der Waals surface area contributed by atoms with E-state index in [0.717, 1.165) is 26.4 Å². The minimum absolute atomic E-state index is 0.0802. The molecule has 148 valence electrons. The number of nitrogens with zero attached hydrogens (tertiary/aromatic N) is 1. The third-order valence-corrected chi connectivity index (χ3v) is 6.25. The molecule has 0 atom stereocenters. The van der Waals surface area contributed by atoms with Gasteiger partial charge in [-0.1, -0.05) is 0 Å². The average Bonchev–Trinajstić information content (AvgIpc) is 2.71. The van der Waals surface area contributed by atoms with Gasteiger partial charge >= 0.3 is 17.9 Å². The van der Waals surface area contributed by atoms with Gasteiger partial charge in [0.2, 0.25) is 10.0 Å². The summed E-state index contributed by atoms with van der Waals surface area (Å²) in [7, 11) is -0.388. The Morgan fingerprint density at radius 3 is 1.78 bits per heavy atom. The van der Waals surface area contributed by atoms with E-state index >= 15 is 0 Å². The van der Waals surface area contributed by atoms with Crippen LogP contribution in [0, 0.1) is 5.92 Å². The first kappa shape index (κ1) is 20.8. The number of rotatable bonds is 5. The summed E-state index contributed by atoms with van der Waals surface area (Å²) in [5.74, 6) is -2.27. The molecule has 0 bridgehead atoms. The highest BCUT2D eigenvalue weighted by Gasteiger charge is 2.33. The molecule has 0 N–H and O–H groups in total. The molecule has 0 radical (unpaired) electrons. The van der Waals surface area contributed by atoms with E-state index in [1.807, 2.05) is 0 Å². The summed E-state index contributed by atoms with van der Waals surface area (Å²) >= 11 is 0. The lowest BCUT2D eigenvalue weighted by molar-refractivity contribution is -0.146. The zero-order chi connectivity index (χ0) is 20.2. The number of piperidine rings is 1. The number of sulfonamides is 1. The van der Waals surface area contributed by atoms with Crippen LogP contribution in [-0.4, -0.2) is 65.0 Å². The summed E-state index contributed by atoms with van der Waals surface area (Å²) in [6.45, 7) is 0.246. The van der Waals surface area contributed by atoms with E-state index < -0.39 is 22.0 Å². The Balaban J connectivity index is 2.36. The summed E-state index contributed by atoms with van der Waals surface area (Å²) in [6.07, 6.45) is 0.652. The van der Waals surface area contributed by atoms with E-state index in [9.17, 15) is 22.8 Å². The molecule has 27 heavy (non-hydrogen) atoms. The van der Waals surface area contributed by atoms with Crippen molar-refractivity contribution < 1.29 is 37.0 Å². The second kappa shape index (κ2) is 8.49. The first-order chi connectivity index (χ1) is 12.7. The number of benzene rings is 1. The fraction of sp³-hybridized carbons (Fsp3) is 0.471. The minimum atomic E-state index is -3.98. The Morgan fingerprint density at radius 2 is 1.37 bits per heavy atom. The van der Waals surface area contributed by atoms with Crippen LogP contribution >= 0.6 is 0 Å². The summed E-state index contributed by atoms with van der Waals surface area (Å²) in [5, 5.41) is 0. The molecule has 9 nitrogen and oxygen atoms in total. The predicted molar refractivity (Wildman–Crippen MR) is 92.6 cm³/mol. The van der Waals surface area contributed by atoms with E-state index in [-0.39, 0.29) is 41.0 Å². The van der Waals surface area contributed by atoms with Crippen LogP contribution in [-0.2, 0) is 29.0 Å².